The maximum atomic E-state index is 9.17. The molecule has 2 N–H and O–H groups in total. The Kier molecular flexibility index (Phi) is 6.07. The van der Waals surface area contributed by atoms with Crippen molar-refractivity contribution < 1.29 is 10.2 Å². The van der Waals surface area contributed by atoms with Gasteiger partial charge in [-0.1, -0.05) is 30.0 Å². The second kappa shape index (κ2) is 8.06. The molecule has 0 saturated carbocycles. The number of nitrogens with zero attached hydrogens (tertiary/aromatic N) is 1. The normalized spacial score (nSPS) is 16.7. The molecular formula is C17H23NO2. The molecule has 108 valence electrons. The summed E-state index contributed by atoms with van der Waals surface area (Å²) in [5.41, 5.74) is 2.31. The zero-order chi connectivity index (χ0) is 14.2. The Morgan fingerprint density at radius 1 is 1.15 bits per heavy atom. The number of benzene rings is 1. The summed E-state index contributed by atoms with van der Waals surface area (Å²) in [6, 6.07) is 8.22. The number of hydrogen-bond acceptors (Lipinski definition) is 3. The first-order chi connectivity index (χ1) is 9.83. The van der Waals surface area contributed by atoms with Crippen LogP contribution in [-0.4, -0.2) is 41.4 Å². The Hall–Kier alpha value is -1.34. The number of piperidine rings is 1. The lowest BCUT2D eigenvalue weighted by atomic mass is 9.97. The third-order valence-electron chi connectivity index (χ3n) is 3.84. The average Bonchev–Trinajstić information content (AvgIpc) is 2.50. The summed E-state index contributed by atoms with van der Waals surface area (Å²) < 4.78 is 0. The molecule has 0 amide bonds. The van der Waals surface area contributed by atoms with Gasteiger partial charge in [-0.15, -0.1) is 0 Å². The average molecular weight is 273 g/mol. The summed E-state index contributed by atoms with van der Waals surface area (Å²) >= 11 is 0. The van der Waals surface area contributed by atoms with Crippen LogP contribution < -0.4 is 0 Å². The van der Waals surface area contributed by atoms with E-state index in [0.29, 0.717) is 18.9 Å². The van der Waals surface area contributed by atoms with Crippen molar-refractivity contribution in [3.8, 4) is 11.8 Å². The van der Waals surface area contributed by atoms with Crippen LogP contribution in [-0.2, 0) is 6.54 Å². The SMILES string of the molecule is OCCC#Cc1ccccc1CN1CCC(CO)CC1. The summed E-state index contributed by atoms with van der Waals surface area (Å²) in [5, 5.41) is 18.0. The molecule has 0 aliphatic carbocycles. The maximum absolute atomic E-state index is 9.17. The Bertz CT molecular complexity index is 467. The van der Waals surface area contributed by atoms with Gasteiger partial charge < -0.3 is 10.2 Å². The van der Waals surface area contributed by atoms with Gasteiger partial charge in [0.05, 0.1) is 6.61 Å². The van der Waals surface area contributed by atoms with Gasteiger partial charge in [0, 0.05) is 25.1 Å². The molecule has 3 heteroatoms. The molecule has 2 rings (SSSR count). The molecule has 1 heterocycles. The van der Waals surface area contributed by atoms with E-state index in [2.05, 4.69) is 22.8 Å². The third-order valence-corrected chi connectivity index (χ3v) is 3.84. The molecule has 0 unspecified atom stereocenters. The molecular weight excluding hydrogens is 250 g/mol. The van der Waals surface area contributed by atoms with Crippen LogP contribution in [0.25, 0.3) is 0 Å². The monoisotopic (exact) mass is 273 g/mol. The van der Waals surface area contributed by atoms with Gasteiger partial charge in [-0.2, -0.15) is 0 Å². The van der Waals surface area contributed by atoms with Crippen LogP contribution in [0.1, 0.15) is 30.4 Å². The molecule has 1 aliphatic heterocycles. The Balaban J connectivity index is 1.98. The van der Waals surface area contributed by atoms with E-state index in [-0.39, 0.29) is 6.61 Å². The van der Waals surface area contributed by atoms with Crippen molar-refractivity contribution in [2.45, 2.75) is 25.8 Å². The van der Waals surface area contributed by atoms with Crippen molar-refractivity contribution in [2.24, 2.45) is 5.92 Å². The number of rotatable bonds is 4. The fourth-order valence-corrected chi connectivity index (χ4v) is 2.56. The number of hydrogen-bond donors (Lipinski definition) is 2. The second-order valence-corrected chi connectivity index (χ2v) is 5.33. The minimum atomic E-state index is 0.115. The van der Waals surface area contributed by atoms with Gasteiger partial charge in [0.2, 0.25) is 0 Å². The van der Waals surface area contributed by atoms with E-state index < -0.39 is 0 Å². The minimum Gasteiger partial charge on any atom is -0.396 e. The number of aliphatic hydroxyl groups excluding tert-OH is 2. The highest BCUT2D eigenvalue weighted by molar-refractivity contribution is 5.41. The number of aliphatic hydroxyl groups is 2. The van der Waals surface area contributed by atoms with E-state index in [1.165, 1.54) is 5.56 Å². The lowest BCUT2D eigenvalue weighted by Gasteiger charge is -2.31. The first-order valence-electron chi connectivity index (χ1n) is 7.34. The molecule has 0 aromatic heterocycles. The van der Waals surface area contributed by atoms with E-state index in [0.717, 1.165) is 38.0 Å². The molecule has 1 aromatic rings. The molecule has 0 atom stereocenters. The van der Waals surface area contributed by atoms with Gasteiger partial charge in [0.25, 0.3) is 0 Å². The third kappa shape index (κ3) is 4.35. The van der Waals surface area contributed by atoms with Crippen molar-refractivity contribution in [1.29, 1.82) is 0 Å². The molecule has 1 fully saturated rings. The number of likely N-dealkylation sites (tertiary alicyclic amines) is 1. The molecule has 0 radical (unpaired) electrons. The van der Waals surface area contributed by atoms with E-state index in [1.807, 2.05) is 18.2 Å². The standard InChI is InChI=1S/C17H23NO2/c19-12-4-3-6-16-5-1-2-7-17(16)13-18-10-8-15(14-20)9-11-18/h1-2,5,7,15,19-20H,4,8-14H2. The summed E-state index contributed by atoms with van der Waals surface area (Å²) in [6.07, 6.45) is 2.68. The minimum absolute atomic E-state index is 0.115. The summed E-state index contributed by atoms with van der Waals surface area (Å²) in [7, 11) is 0. The quantitative estimate of drug-likeness (QED) is 0.819. The lowest BCUT2D eigenvalue weighted by molar-refractivity contribution is 0.127. The molecule has 0 bridgehead atoms. The van der Waals surface area contributed by atoms with Crippen LogP contribution in [0, 0.1) is 17.8 Å². The van der Waals surface area contributed by atoms with Crippen molar-refractivity contribution in [2.75, 3.05) is 26.3 Å². The first kappa shape index (κ1) is 15.1. The van der Waals surface area contributed by atoms with Crippen LogP contribution in [0.2, 0.25) is 0 Å². The Morgan fingerprint density at radius 2 is 1.90 bits per heavy atom. The van der Waals surface area contributed by atoms with Crippen LogP contribution in [0.15, 0.2) is 24.3 Å². The van der Waals surface area contributed by atoms with Gasteiger partial charge in [-0.25, -0.2) is 0 Å². The fourth-order valence-electron chi connectivity index (χ4n) is 2.56. The zero-order valence-corrected chi connectivity index (χ0v) is 11.9. The van der Waals surface area contributed by atoms with E-state index in [4.69, 9.17) is 5.11 Å². The predicted octanol–water partition coefficient (Wildman–Crippen LogP) is 1.62. The fraction of sp³-hybridized carbons (Fsp3) is 0.529. The van der Waals surface area contributed by atoms with Crippen molar-refractivity contribution in [3.63, 3.8) is 0 Å². The molecule has 3 nitrogen and oxygen atoms in total. The summed E-state index contributed by atoms with van der Waals surface area (Å²) in [5.74, 6) is 6.62. The van der Waals surface area contributed by atoms with Crippen molar-refractivity contribution >= 4 is 0 Å². The van der Waals surface area contributed by atoms with Crippen molar-refractivity contribution in [3.05, 3.63) is 35.4 Å². The molecule has 1 aliphatic rings. The lowest BCUT2D eigenvalue weighted by Crippen LogP contribution is -2.34. The predicted molar refractivity (Wildman–Crippen MR) is 80.1 cm³/mol. The van der Waals surface area contributed by atoms with Gasteiger partial charge in [-0.3, -0.25) is 4.90 Å². The first-order valence-corrected chi connectivity index (χ1v) is 7.34. The topological polar surface area (TPSA) is 43.7 Å². The van der Waals surface area contributed by atoms with E-state index in [1.54, 1.807) is 0 Å². The molecule has 0 spiro atoms. The highest BCUT2D eigenvalue weighted by Gasteiger charge is 2.18. The smallest absolute Gasteiger partial charge is 0.0540 e. The van der Waals surface area contributed by atoms with Crippen LogP contribution in [0.4, 0.5) is 0 Å². The van der Waals surface area contributed by atoms with E-state index in [9.17, 15) is 5.11 Å². The zero-order valence-electron chi connectivity index (χ0n) is 11.9. The van der Waals surface area contributed by atoms with Crippen LogP contribution in [0.5, 0.6) is 0 Å². The van der Waals surface area contributed by atoms with Crippen LogP contribution in [0.3, 0.4) is 0 Å². The second-order valence-electron chi connectivity index (χ2n) is 5.33. The van der Waals surface area contributed by atoms with Crippen LogP contribution >= 0.6 is 0 Å². The van der Waals surface area contributed by atoms with Gasteiger partial charge >= 0.3 is 0 Å². The van der Waals surface area contributed by atoms with Crippen molar-refractivity contribution in [1.82, 2.24) is 4.90 Å². The van der Waals surface area contributed by atoms with Gasteiger partial charge in [0.15, 0.2) is 0 Å². The van der Waals surface area contributed by atoms with Gasteiger partial charge in [0.1, 0.15) is 0 Å². The maximum Gasteiger partial charge on any atom is 0.0540 e. The molecule has 1 aromatic carbocycles. The highest BCUT2D eigenvalue weighted by Crippen LogP contribution is 2.19. The largest absolute Gasteiger partial charge is 0.396 e. The molecule has 1 saturated heterocycles. The van der Waals surface area contributed by atoms with E-state index >= 15 is 0 Å². The Labute approximate surface area is 121 Å². The van der Waals surface area contributed by atoms with Gasteiger partial charge in [-0.05, 0) is 43.5 Å². The Morgan fingerprint density at radius 3 is 2.60 bits per heavy atom. The summed E-state index contributed by atoms with van der Waals surface area (Å²) in [6.45, 7) is 3.44. The summed E-state index contributed by atoms with van der Waals surface area (Å²) in [4.78, 5) is 2.43. The molecule has 20 heavy (non-hydrogen) atoms. The highest BCUT2D eigenvalue weighted by atomic mass is 16.3.